The SMILES string of the molecule is O=S(=O)(c1cccs1)N1CCOC(c2ccccc2Cl)C1. The molecule has 1 atom stereocenters. The van der Waals surface area contributed by atoms with E-state index in [9.17, 15) is 8.42 Å². The summed E-state index contributed by atoms with van der Waals surface area (Å²) < 4.78 is 32.6. The van der Waals surface area contributed by atoms with Gasteiger partial charge in [0.25, 0.3) is 10.0 Å². The maximum absolute atomic E-state index is 12.6. The molecule has 0 saturated carbocycles. The Hall–Kier alpha value is -0.920. The van der Waals surface area contributed by atoms with Gasteiger partial charge in [0.1, 0.15) is 4.21 Å². The molecule has 0 bridgehead atoms. The van der Waals surface area contributed by atoms with Crippen LogP contribution in [-0.2, 0) is 14.8 Å². The Morgan fingerprint density at radius 1 is 1.24 bits per heavy atom. The highest BCUT2D eigenvalue weighted by atomic mass is 35.5. The minimum Gasteiger partial charge on any atom is -0.371 e. The Kier molecular flexibility index (Phi) is 4.33. The summed E-state index contributed by atoms with van der Waals surface area (Å²) in [4.78, 5) is 0. The van der Waals surface area contributed by atoms with Crippen molar-refractivity contribution in [1.29, 1.82) is 0 Å². The number of benzene rings is 1. The first-order valence-corrected chi connectivity index (χ1v) is 9.18. The van der Waals surface area contributed by atoms with Gasteiger partial charge in [-0.05, 0) is 17.5 Å². The fraction of sp³-hybridized carbons (Fsp3) is 0.286. The third kappa shape index (κ3) is 3.00. The average Bonchev–Trinajstić information content (AvgIpc) is 3.03. The second-order valence-electron chi connectivity index (χ2n) is 4.68. The first kappa shape index (κ1) is 15.0. The van der Waals surface area contributed by atoms with Gasteiger partial charge in [0.05, 0.1) is 12.7 Å². The summed E-state index contributed by atoms with van der Waals surface area (Å²) in [5.41, 5.74) is 0.824. The van der Waals surface area contributed by atoms with Crippen LogP contribution in [0.25, 0.3) is 0 Å². The van der Waals surface area contributed by atoms with Gasteiger partial charge in [-0.1, -0.05) is 35.9 Å². The number of morpholine rings is 1. The Morgan fingerprint density at radius 3 is 2.76 bits per heavy atom. The lowest BCUT2D eigenvalue weighted by atomic mass is 10.1. The molecule has 21 heavy (non-hydrogen) atoms. The van der Waals surface area contributed by atoms with E-state index in [0.717, 1.165) is 5.56 Å². The maximum Gasteiger partial charge on any atom is 0.252 e. The second kappa shape index (κ2) is 6.06. The van der Waals surface area contributed by atoms with Crippen LogP contribution < -0.4 is 0 Å². The summed E-state index contributed by atoms with van der Waals surface area (Å²) >= 11 is 7.40. The van der Waals surface area contributed by atoms with Crippen molar-refractivity contribution in [2.45, 2.75) is 10.3 Å². The zero-order chi connectivity index (χ0) is 14.9. The highest BCUT2D eigenvalue weighted by Crippen LogP contribution is 2.31. The number of sulfonamides is 1. The molecule has 0 aliphatic carbocycles. The smallest absolute Gasteiger partial charge is 0.252 e. The van der Waals surface area contributed by atoms with E-state index in [-0.39, 0.29) is 12.6 Å². The zero-order valence-electron chi connectivity index (χ0n) is 11.1. The molecule has 1 aliphatic rings. The molecule has 4 nitrogen and oxygen atoms in total. The van der Waals surface area contributed by atoms with Crippen molar-refractivity contribution in [3.05, 3.63) is 52.4 Å². The highest BCUT2D eigenvalue weighted by molar-refractivity contribution is 7.91. The Balaban J connectivity index is 1.86. The molecule has 7 heteroatoms. The number of nitrogens with zero attached hydrogens (tertiary/aromatic N) is 1. The summed E-state index contributed by atoms with van der Waals surface area (Å²) in [6.07, 6.45) is -0.331. The topological polar surface area (TPSA) is 46.6 Å². The molecule has 1 aromatic carbocycles. The molecule has 0 N–H and O–H groups in total. The fourth-order valence-corrected chi connectivity index (χ4v) is 5.13. The maximum atomic E-state index is 12.6. The highest BCUT2D eigenvalue weighted by Gasteiger charge is 2.32. The lowest BCUT2D eigenvalue weighted by Gasteiger charge is -2.32. The van der Waals surface area contributed by atoms with Crippen molar-refractivity contribution < 1.29 is 13.2 Å². The lowest BCUT2D eigenvalue weighted by molar-refractivity contribution is -0.00244. The quantitative estimate of drug-likeness (QED) is 0.860. The van der Waals surface area contributed by atoms with Gasteiger partial charge in [0.15, 0.2) is 0 Å². The van der Waals surface area contributed by atoms with E-state index >= 15 is 0 Å². The van der Waals surface area contributed by atoms with Gasteiger partial charge in [-0.25, -0.2) is 8.42 Å². The third-order valence-corrected chi connectivity index (χ3v) is 6.95. The lowest BCUT2D eigenvalue weighted by Crippen LogP contribution is -2.42. The second-order valence-corrected chi connectivity index (χ2v) is 8.20. The van der Waals surface area contributed by atoms with E-state index in [1.807, 2.05) is 18.2 Å². The molecule has 0 radical (unpaired) electrons. The molecule has 1 aromatic heterocycles. The summed E-state index contributed by atoms with van der Waals surface area (Å²) in [6, 6.07) is 10.7. The Labute approximate surface area is 133 Å². The monoisotopic (exact) mass is 343 g/mol. The minimum atomic E-state index is -3.44. The van der Waals surface area contributed by atoms with Crippen LogP contribution >= 0.6 is 22.9 Å². The Bertz CT molecular complexity index is 716. The molecule has 1 unspecified atom stereocenters. The normalized spacial score (nSPS) is 20.5. The molecule has 3 rings (SSSR count). The van der Waals surface area contributed by atoms with Gasteiger partial charge in [-0.2, -0.15) is 4.31 Å². The van der Waals surface area contributed by atoms with Crippen LogP contribution in [0.5, 0.6) is 0 Å². The Morgan fingerprint density at radius 2 is 2.05 bits per heavy atom. The van der Waals surface area contributed by atoms with E-state index in [1.54, 1.807) is 23.6 Å². The molecule has 1 fully saturated rings. The molecule has 1 aliphatic heterocycles. The predicted octanol–water partition coefficient (Wildman–Crippen LogP) is 3.16. The first-order valence-electron chi connectivity index (χ1n) is 6.49. The molecule has 112 valence electrons. The van der Waals surface area contributed by atoms with E-state index in [1.165, 1.54) is 15.6 Å². The molecule has 1 saturated heterocycles. The van der Waals surface area contributed by atoms with Crippen molar-refractivity contribution in [3.8, 4) is 0 Å². The van der Waals surface area contributed by atoms with E-state index in [4.69, 9.17) is 16.3 Å². The number of ether oxygens (including phenoxy) is 1. The van der Waals surface area contributed by atoms with E-state index < -0.39 is 10.0 Å². The third-order valence-electron chi connectivity index (χ3n) is 3.37. The van der Waals surface area contributed by atoms with Crippen LogP contribution in [0.1, 0.15) is 11.7 Å². The van der Waals surface area contributed by atoms with Gasteiger partial charge >= 0.3 is 0 Å². The van der Waals surface area contributed by atoms with Crippen molar-refractivity contribution in [2.75, 3.05) is 19.7 Å². The number of halogens is 1. The number of hydrogen-bond acceptors (Lipinski definition) is 4. The van der Waals surface area contributed by atoms with Gasteiger partial charge in [0.2, 0.25) is 0 Å². The largest absolute Gasteiger partial charge is 0.371 e. The van der Waals surface area contributed by atoms with E-state index in [2.05, 4.69) is 0 Å². The van der Waals surface area contributed by atoms with Gasteiger partial charge in [-0.3, -0.25) is 0 Å². The van der Waals surface area contributed by atoms with Crippen LogP contribution in [0.4, 0.5) is 0 Å². The molecule has 0 spiro atoms. The number of hydrogen-bond donors (Lipinski definition) is 0. The predicted molar refractivity (Wildman–Crippen MR) is 83.2 cm³/mol. The molecule has 0 amide bonds. The number of thiophene rings is 1. The molecular formula is C14H14ClNO3S2. The summed E-state index contributed by atoms with van der Waals surface area (Å²) in [6.45, 7) is 1.01. The average molecular weight is 344 g/mol. The van der Waals surface area contributed by atoms with E-state index in [0.29, 0.717) is 22.4 Å². The fourth-order valence-electron chi connectivity index (χ4n) is 2.31. The van der Waals surface area contributed by atoms with Crippen LogP contribution in [0.3, 0.4) is 0 Å². The van der Waals surface area contributed by atoms with Crippen LogP contribution in [0.2, 0.25) is 5.02 Å². The van der Waals surface area contributed by atoms with Crippen molar-refractivity contribution >= 4 is 33.0 Å². The molecule has 2 aromatic rings. The standard InChI is InChI=1S/C14H14ClNO3S2/c15-12-5-2-1-4-11(12)13-10-16(7-8-19-13)21(17,18)14-6-3-9-20-14/h1-6,9,13H,7-8,10H2. The molecule has 2 heterocycles. The van der Waals surface area contributed by atoms with Crippen molar-refractivity contribution in [2.24, 2.45) is 0 Å². The summed E-state index contributed by atoms with van der Waals surface area (Å²) in [5, 5.41) is 2.36. The van der Waals surface area contributed by atoms with Gasteiger partial charge in [-0.15, -0.1) is 11.3 Å². The van der Waals surface area contributed by atoms with Crippen molar-refractivity contribution in [3.63, 3.8) is 0 Å². The summed E-state index contributed by atoms with van der Waals surface area (Å²) in [5.74, 6) is 0. The zero-order valence-corrected chi connectivity index (χ0v) is 13.5. The van der Waals surface area contributed by atoms with Crippen LogP contribution in [0, 0.1) is 0 Å². The van der Waals surface area contributed by atoms with Crippen LogP contribution in [0.15, 0.2) is 46.0 Å². The number of rotatable bonds is 3. The summed E-state index contributed by atoms with van der Waals surface area (Å²) in [7, 11) is -3.44. The minimum absolute atomic E-state index is 0.282. The first-order chi connectivity index (χ1) is 10.1. The van der Waals surface area contributed by atoms with Crippen LogP contribution in [-0.4, -0.2) is 32.4 Å². The van der Waals surface area contributed by atoms with Gasteiger partial charge < -0.3 is 4.74 Å². The van der Waals surface area contributed by atoms with Crippen molar-refractivity contribution in [1.82, 2.24) is 4.31 Å². The molecular weight excluding hydrogens is 330 g/mol. The van der Waals surface area contributed by atoms with Gasteiger partial charge in [0, 0.05) is 23.7 Å².